The lowest BCUT2D eigenvalue weighted by atomic mass is 10.1. The van der Waals surface area contributed by atoms with Gasteiger partial charge in [0.1, 0.15) is 0 Å². The third kappa shape index (κ3) is 4.73. The van der Waals surface area contributed by atoms with Gasteiger partial charge in [-0.15, -0.1) is 5.10 Å². The van der Waals surface area contributed by atoms with Crippen molar-refractivity contribution in [2.45, 2.75) is 25.5 Å². The van der Waals surface area contributed by atoms with E-state index >= 15 is 0 Å². The monoisotopic (exact) mass is 427 g/mol. The van der Waals surface area contributed by atoms with Crippen LogP contribution in [0.2, 0.25) is 0 Å². The fourth-order valence-corrected chi connectivity index (χ4v) is 3.79. The molecular weight excluding hydrogens is 402 g/mol. The van der Waals surface area contributed by atoms with E-state index in [1.54, 1.807) is 30.8 Å². The summed E-state index contributed by atoms with van der Waals surface area (Å²) < 4.78 is 12.3. The number of carbonyl (C=O) groups excluding carboxylic acids is 1. The number of nitrogens with zero attached hydrogens (tertiary/aromatic N) is 5. The summed E-state index contributed by atoms with van der Waals surface area (Å²) in [6.07, 6.45) is 0. The summed E-state index contributed by atoms with van der Waals surface area (Å²) in [5, 5.41) is 12.5. The zero-order valence-corrected chi connectivity index (χ0v) is 18.6. The van der Waals surface area contributed by atoms with Gasteiger partial charge in [-0.25, -0.2) is 0 Å². The number of methoxy groups -OCH3 is 2. The molecule has 0 bridgehead atoms. The first-order valence-electron chi connectivity index (χ1n) is 9.37. The smallest absolute Gasteiger partial charge is 0.233 e. The standard InChI is InChI=1S/C21H25N5O3S/c1-14-7-6-8-17(15(14)2)26-21(22-23-24-26)30-13-20(27)25(3)12-16-9-10-18(28-4)19(11-16)29-5/h6-11H,12-13H2,1-5H3. The van der Waals surface area contributed by atoms with E-state index in [0.29, 0.717) is 23.2 Å². The van der Waals surface area contributed by atoms with E-state index in [9.17, 15) is 4.79 Å². The molecule has 1 amide bonds. The molecule has 0 fully saturated rings. The van der Waals surface area contributed by atoms with Crippen LogP contribution in [0.15, 0.2) is 41.6 Å². The van der Waals surface area contributed by atoms with Gasteiger partial charge in [0.15, 0.2) is 11.5 Å². The maximum absolute atomic E-state index is 12.7. The second-order valence-corrected chi connectivity index (χ2v) is 7.76. The molecule has 0 aliphatic heterocycles. The van der Waals surface area contributed by atoms with Gasteiger partial charge in [-0.05, 0) is 59.2 Å². The number of rotatable bonds is 8. The number of hydrogen-bond donors (Lipinski definition) is 0. The van der Waals surface area contributed by atoms with E-state index in [-0.39, 0.29) is 11.7 Å². The molecule has 0 aliphatic carbocycles. The third-order valence-electron chi connectivity index (χ3n) is 4.86. The van der Waals surface area contributed by atoms with Gasteiger partial charge >= 0.3 is 0 Å². The van der Waals surface area contributed by atoms with E-state index in [1.807, 2.05) is 50.2 Å². The highest BCUT2D eigenvalue weighted by molar-refractivity contribution is 7.99. The van der Waals surface area contributed by atoms with Gasteiger partial charge in [-0.2, -0.15) is 4.68 Å². The molecule has 0 unspecified atom stereocenters. The normalized spacial score (nSPS) is 10.7. The summed E-state index contributed by atoms with van der Waals surface area (Å²) >= 11 is 1.31. The van der Waals surface area contributed by atoms with Crippen LogP contribution >= 0.6 is 11.8 Å². The van der Waals surface area contributed by atoms with Crippen LogP contribution in [0.1, 0.15) is 16.7 Å². The van der Waals surface area contributed by atoms with Crippen molar-refractivity contribution in [3.63, 3.8) is 0 Å². The van der Waals surface area contributed by atoms with Crippen molar-refractivity contribution in [2.75, 3.05) is 27.0 Å². The first kappa shape index (κ1) is 21.6. The number of benzene rings is 2. The Morgan fingerprint density at radius 3 is 2.63 bits per heavy atom. The first-order chi connectivity index (χ1) is 14.4. The highest BCUT2D eigenvalue weighted by Crippen LogP contribution is 2.28. The topological polar surface area (TPSA) is 82.4 Å². The molecule has 1 heterocycles. The lowest BCUT2D eigenvalue weighted by molar-refractivity contribution is -0.127. The molecule has 0 N–H and O–H groups in total. The number of aryl methyl sites for hydroxylation is 1. The van der Waals surface area contributed by atoms with Crippen molar-refractivity contribution in [2.24, 2.45) is 0 Å². The molecule has 30 heavy (non-hydrogen) atoms. The molecule has 3 aromatic rings. The van der Waals surface area contributed by atoms with Crippen molar-refractivity contribution in [1.82, 2.24) is 25.1 Å². The summed E-state index contributed by atoms with van der Waals surface area (Å²) in [7, 11) is 4.96. The number of hydrogen-bond acceptors (Lipinski definition) is 7. The number of carbonyl (C=O) groups is 1. The minimum absolute atomic E-state index is 0.0229. The van der Waals surface area contributed by atoms with Crippen molar-refractivity contribution in [3.8, 4) is 17.2 Å². The zero-order chi connectivity index (χ0) is 21.7. The Bertz CT molecular complexity index is 1040. The average Bonchev–Trinajstić information content (AvgIpc) is 3.22. The maximum atomic E-state index is 12.7. The minimum Gasteiger partial charge on any atom is -0.493 e. The summed E-state index contributed by atoms with van der Waals surface area (Å²) in [6.45, 7) is 4.53. The predicted octanol–water partition coefficient (Wildman–Crippen LogP) is 3.05. The summed E-state index contributed by atoms with van der Waals surface area (Å²) in [5.74, 6) is 1.50. The quantitative estimate of drug-likeness (QED) is 0.511. The molecule has 0 atom stereocenters. The molecule has 0 saturated carbocycles. The second-order valence-electron chi connectivity index (χ2n) is 6.82. The van der Waals surface area contributed by atoms with E-state index in [4.69, 9.17) is 9.47 Å². The minimum atomic E-state index is -0.0229. The van der Waals surface area contributed by atoms with Gasteiger partial charge in [0.2, 0.25) is 11.1 Å². The molecule has 0 spiro atoms. The summed E-state index contributed by atoms with van der Waals surface area (Å²) in [4.78, 5) is 14.3. The van der Waals surface area contributed by atoms with Crippen LogP contribution in [0, 0.1) is 13.8 Å². The van der Waals surface area contributed by atoms with Crippen molar-refractivity contribution >= 4 is 17.7 Å². The highest BCUT2D eigenvalue weighted by Gasteiger charge is 2.16. The van der Waals surface area contributed by atoms with Gasteiger partial charge in [0.25, 0.3) is 0 Å². The summed E-state index contributed by atoms with van der Waals surface area (Å²) in [6, 6.07) is 11.6. The molecule has 0 saturated heterocycles. The van der Waals surface area contributed by atoms with Crippen LogP contribution in [-0.2, 0) is 11.3 Å². The Balaban J connectivity index is 1.65. The predicted molar refractivity (Wildman–Crippen MR) is 115 cm³/mol. The number of aromatic nitrogens is 4. The lowest BCUT2D eigenvalue weighted by Crippen LogP contribution is -2.28. The molecular formula is C21H25N5O3S. The third-order valence-corrected chi connectivity index (χ3v) is 5.77. The molecule has 3 rings (SSSR count). The zero-order valence-electron chi connectivity index (χ0n) is 17.7. The van der Waals surface area contributed by atoms with E-state index < -0.39 is 0 Å². The number of thioether (sulfide) groups is 1. The second kappa shape index (κ2) is 9.62. The largest absolute Gasteiger partial charge is 0.493 e. The average molecular weight is 428 g/mol. The van der Waals surface area contributed by atoms with E-state index in [2.05, 4.69) is 15.5 Å². The van der Waals surface area contributed by atoms with Gasteiger partial charge in [-0.3, -0.25) is 4.79 Å². The van der Waals surface area contributed by atoms with Crippen molar-refractivity contribution < 1.29 is 14.3 Å². The van der Waals surface area contributed by atoms with Gasteiger partial charge < -0.3 is 14.4 Å². The van der Waals surface area contributed by atoms with Crippen LogP contribution in [0.3, 0.4) is 0 Å². The van der Waals surface area contributed by atoms with Crippen LogP contribution in [0.25, 0.3) is 5.69 Å². The van der Waals surface area contributed by atoms with Crippen LogP contribution < -0.4 is 9.47 Å². The fraction of sp³-hybridized carbons (Fsp3) is 0.333. The Labute approximate surface area is 180 Å². The number of amides is 1. The fourth-order valence-electron chi connectivity index (χ4n) is 2.96. The Hall–Kier alpha value is -3.07. The van der Waals surface area contributed by atoms with Gasteiger partial charge in [0.05, 0.1) is 25.7 Å². The molecule has 0 radical (unpaired) electrons. The van der Waals surface area contributed by atoms with E-state index in [0.717, 1.165) is 22.4 Å². The first-order valence-corrected chi connectivity index (χ1v) is 10.4. The maximum Gasteiger partial charge on any atom is 0.233 e. The SMILES string of the molecule is COc1ccc(CN(C)C(=O)CSc2nnnn2-c2cccc(C)c2C)cc1OC. The van der Waals surface area contributed by atoms with Crippen LogP contribution in [0.5, 0.6) is 11.5 Å². The Morgan fingerprint density at radius 1 is 1.13 bits per heavy atom. The lowest BCUT2D eigenvalue weighted by Gasteiger charge is -2.18. The molecule has 158 valence electrons. The van der Waals surface area contributed by atoms with Gasteiger partial charge in [-0.1, -0.05) is 30.0 Å². The number of tetrazole rings is 1. The number of ether oxygens (including phenoxy) is 2. The van der Waals surface area contributed by atoms with Crippen molar-refractivity contribution in [1.29, 1.82) is 0 Å². The van der Waals surface area contributed by atoms with E-state index in [1.165, 1.54) is 11.8 Å². The van der Waals surface area contributed by atoms with Crippen molar-refractivity contribution in [3.05, 3.63) is 53.1 Å². The van der Waals surface area contributed by atoms with Crippen LogP contribution in [-0.4, -0.2) is 58.0 Å². The Morgan fingerprint density at radius 2 is 1.90 bits per heavy atom. The van der Waals surface area contributed by atoms with Gasteiger partial charge in [0, 0.05) is 13.6 Å². The molecule has 0 aliphatic rings. The summed E-state index contributed by atoms with van der Waals surface area (Å²) in [5.41, 5.74) is 4.12. The van der Waals surface area contributed by atoms with Crippen LogP contribution in [0.4, 0.5) is 0 Å². The Kier molecular flexibility index (Phi) is 6.94. The molecule has 8 nitrogen and oxygen atoms in total. The molecule has 1 aromatic heterocycles. The molecule has 9 heteroatoms. The highest BCUT2D eigenvalue weighted by atomic mass is 32.2. The molecule has 2 aromatic carbocycles.